The van der Waals surface area contributed by atoms with Crippen LogP contribution in [0.3, 0.4) is 0 Å². The maximum Gasteiger partial charge on any atom is 0.122 e. The van der Waals surface area contributed by atoms with E-state index in [1.165, 1.54) is 0 Å². The highest BCUT2D eigenvalue weighted by molar-refractivity contribution is 9.09. The minimum absolute atomic E-state index is 0.0865. The lowest BCUT2D eigenvalue weighted by molar-refractivity contribution is 0.492. The zero-order chi connectivity index (χ0) is 10.8. The number of hydrogen-bond donors (Lipinski definition) is 0. The molecule has 1 nitrogen and oxygen atoms in total. The Morgan fingerprint density at radius 3 is 2.33 bits per heavy atom. The molecule has 2 rings (SSSR count). The summed E-state index contributed by atoms with van der Waals surface area (Å²) in [6.07, 6.45) is 0. The van der Waals surface area contributed by atoms with Crippen molar-refractivity contribution in [3.05, 3.63) is 58.5 Å². The maximum absolute atomic E-state index is 5.83. The Morgan fingerprint density at radius 2 is 1.80 bits per heavy atom. The molecule has 0 radical (unpaired) electrons. The zero-order valence-corrected chi connectivity index (χ0v) is 10.5. The number of hydrogen-bond acceptors (Lipinski definition) is 1. The van der Waals surface area contributed by atoms with Crippen molar-refractivity contribution in [2.45, 2.75) is 11.8 Å². The van der Waals surface area contributed by atoms with Crippen molar-refractivity contribution in [1.29, 1.82) is 0 Å². The van der Waals surface area contributed by atoms with Crippen LogP contribution in [0, 0.1) is 6.92 Å². The summed E-state index contributed by atoms with van der Waals surface area (Å²) < 4.78 is 5.55. The SMILES string of the molecule is Cc1ccc(C(Br)c2ccc(Cl)cc2)o1. The number of rotatable bonds is 2. The van der Waals surface area contributed by atoms with Crippen LogP contribution in [-0.2, 0) is 0 Å². The highest BCUT2D eigenvalue weighted by Gasteiger charge is 2.13. The molecule has 0 aliphatic heterocycles. The minimum atomic E-state index is 0.0865. The normalized spacial score (nSPS) is 12.7. The average molecular weight is 286 g/mol. The van der Waals surface area contributed by atoms with Gasteiger partial charge in [0.1, 0.15) is 11.5 Å². The molecule has 0 aliphatic carbocycles. The molecule has 0 saturated carbocycles. The van der Waals surface area contributed by atoms with Gasteiger partial charge in [-0.2, -0.15) is 0 Å². The molecule has 0 saturated heterocycles. The lowest BCUT2D eigenvalue weighted by Gasteiger charge is -2.06. The van der Waals surface area contributed by atoms with Crippen LogP contribution < -0.4 is 0 Å². The van der Waals surface area contributed by atoms with Gasteiger partial charge in [-0.05, 0) is 36.8 Å². The van der Waals surface area contributed by atoms with Gasteiger partial charge in [-0.1, -0.05) is 39.7 Å². The van der Waals surface area contributed by atoms with Crippen molar-refractivity contribution in [3.63, 3.8) is 0 Å². The van der Waals surface area contributed by atoms with Crippen LogP contribution in [0.25, 0.3) is 0 Å². The molecule has 0 amide bonds. The van der Waals surface area contributed by atoms with Gasteiger partial charge >= 0.3 is 0 Å². The monoisotopic (exact) mass is 284 g/mol. The summed E-state index contributed by atoms with van der Waals surface area (Å²) in [5.41, 5.74) is 1.13. The van der Waals surface area contributed by atoms with Crippen molar-refractivity contribution >= 4 is 27.5 Å². The van der Waals surface area contributed by atoms with E-state index in [0.717, 1.165) is 22.1 Å². The van der Waals surface area contributed by atoms with E-state index >= 15 is 0 Å². The third kappa shape index (κ3) is 2.44. The minimum Gasteiger partial charge on any atom is -0.465 e. The van der Waals surface area contributed by atoms with Crippen LogP contribution in [0.2, 0.25) is 5.02 Å². The fourth-order valence-corrected chi connectivity index (χ4v) is 2.06. The van der Waals surface area contributed by atoms with E-state index in [1.807, 2.05) is 43.3 Å². The topological polar surface area (TPSA) is 13.1 Å². The summed E-state index contributed by atoms with van der Waals surface area (Å²) in [4.78, 5) is 0.0865. The van der Waals surface area contributed by atoms with Gasteiger partial charge in [-0.3, -0.25) is 0 Å². The van der Waals surface area contributed by atoms with Crippen molar-refractivity contribution in [2.24, 2.45) is 0 Å². The molecular weight excluding hydrogens is 275 g/mol. The molecule has 3 heteroatoms. The smallest absolute Gasteiger partial charge is 0.122 e. The number of furan rings is 1. The molecule has 78 valence electrons. The van der Waals surface area contributed by atoms with Gasteiger partial charge in [0, 0.05) is 5.02 Å². The molecule has 1 aromatic heterocycles. The Morgan fingerprint density at radius 1 is 1.13 bits per heavy atom. The predicted octanol–water partition coefficient (Wildman–Crippen LogP) is 4.73. The summed E-state index contributed by atoms with van der Waals surface area (Å²) >= 11 is 9.42. The third-order valence-corrected chi connectivity index (χ3v) is 3.41. The van der Waals surface area contributed by atoms with Gasteiger partial charge in [0.25, 0.3) is 0 Å². The Kier molecular flexibility index (Phi) is 3.17. The molecular formula is C12H10BrClO. The molecule has 0 N–H and O–H groups in total. The first-order valence-corrected chi connectivity index (χ1v) is 5.92. The largest absolute Gasteiger partial charge is 0.465 e. The van der Waals surface area contributed by atoms with E-state index in [1.54, 1.807) is 0 Å². The van der Waals surface area contributed by atoms with Gasteiger partial charge in [0.05, 0.1) is 4.83 Å². The molecule has 1 heterocycles. The summed E-state index contributed by atoms with van der Waals surface area (Å²) in [5, 5.41) is 0.745. The highest BCUT2D eigenvalue weighted by atomic mass is 79.9. The lowest BCUT2D eigenvalue weighted by Crippen LogP contribution is -1.89. The Bertz CT molecular complexity index is 447. The van der Waals surface area contributed by atoms with Crippen LogP contribution in [-0.4, -0.2) is 0 Å². The summed E-state index contributed by atoms with van der Waals surface area (Å²) in [5.74, 6) is 1.83. The average Bonchev–Trinajstić information content (AvgIpc) is 2.65. The van der Waals surface area contributed by atoms with Gasteiger partial charge in [-0.15, -0.1) is 0 Å². The van der Waals surface area contributed by atoms with Crippen molar-refractivity contribution in [1.82, 2.24) is 0 Å². The lowest BCUT2D eigenvalue weighted by atomic mass is 10.1. The van der Waals surface area contributed by atoms with E-state index < -0.39 is 0 Å². The van der Waals surface area contributed by atoms with Crippen molar-refractivity contribution < 1.29 is 4.42 Å². The second-order valence-electron chi connectivity index (χ2n) is 3.36. The molecule has 2 aromatic rings. The van der Waals surface area contributed by atoms with Gasteiger partial charge < -0.3 is 4.42 Å². The van der Waals surface area contributed by atoms with Crippen LogP contribution in [0.5, 0.6) is 0 Å². The molecule has 1 atom stereocenters. The fraction of sp³-hybridized carbons (Fsp3) is 0.167. The van der Waals surface area contributed by atoms with Crippen molar-refractivity contribution in [3.8, 4) is 0 Å². The zero-order valence-electron chi connectivity index (χ0n) is 8.21. The number of aryl methyl sites for hydroxylation is 1. The molecule has 0 aliphatic rings. The Labute approximate surface area is 102 Å². The van der Waals surface area contributed by atoms with Crippen LogP contribution in [0.4, 0.5) is 0 Å². The van der Waals surface area contributed by atoms with E-state index in [9.17, 15) is 0 Å². The van der Waals surface area contributed by atoms with E-state index in [2.05, 4.69) is 15.9 Å². The maximum atomic E-state index is 5.83. The molecule has 0 fully saturated rings. The van der Waals surface area contributed by atoms with Gasteiger partial charge in [-0.25, -0.2) is 0 Å². The first-order valence-electron chi connectivity index (χ1n) is 4.62. The van der Waals surface area contributed by atoms with Crippen LogP contribution in [0.15, 0.2) is 40.8 Å². The molecule has 1 aromatic carbocycles. The molecule has 0 spiro atoms. The summed E-state index contributed by atoms with van der Waals surface area (Å²) in [6.45, 7) is 1.94. The fourth-order valence-electron chi connectivity index (χ4n) is 1.39. The standard InChI is InChI=1S/C12H10BrClO/c1-8-2-7-11(15-8)12(13)9-3-5-10(14)6-4-9/h2-7,12H,1H3. The number of benzene rings is 1. The van der Waals surface area contributed by atoms with Gasteiger partial charge in [0.15, 0.2) is 0 Å². The first-order chi connectivity index (χ1) is 7.16. The van der Waals surface area contributed by atoms with Crippen LogP contribution in [0.1, 0.15) is 21.9 Å². The molecule has 1 unspecified atom stereocenters. The first kappa shape index (κ1) is 10.8. The summed E-state index contributed by atoms with van der Waals surface area (Å²) in [7, 11) is 0. The Hall–Kier alpha value is -0.730. The second kappa shape index (κ2) is 4.42. The predicted molar refractivity (Wildman–Crippen MR) is 65.7 cm³/mol. The van der Waals surface area contributed by atoms with Crippen LogP contribution >= 0.6 is 27.5 Å². The molecule has 0 bridgehead atoms. The van der Waals surface area contributed by atoms with E-state index in [-0.39, 0.29) is 4.83 Å². The van der Waals surface area contributed by atoms with E-state index in [0.29, 0.717) is 0 Å². The molecule has 15 heavy (non-hydrogen) atoms. The summed E-state index contributed by atoms with van der Waals surface area (Å²) in [6, 6.07) is 11.7. The Balaban J connectivity index is 2.28. The van der Waals surface area contributed by atoms with E-state index in [4.69, 9.17) is 16.0 Å². The third-order valence-electron chi connectivity index (χ3n) is 2.17. The van der Waals surface area contributed by atoms with Gasteiger partial charge in [0.2, 0.25) is 0 Å². The second-order valence-corrected chi connectivity index (χ2v) is 4.71. The van der Waals surface area contributed by atoms with Crippen molar-refractivity contribution in [2.75, 3.05) is 0 Å². The highest BCUT2D eigenvalue weighted by Crippen LogP contribution is 2.32. The quantitative estimate of drug-likeness (QED) is 0.727. The number of halogens is 2. The number of alkyl halides is 1.